The van der Waals surface area contributed by atoms with Crippen molar-refractivity contribution in [3.63, 3.8) is 0 Å². The van der Waals surface area contributed by atoms with Crippen LogP contribution in [0.1, 0.15) is 70.5 Å². The van der Waals surface area contributed by atoms with E-state index in [0.717, 1.165) is 29.9 Å². The largest absolute Gasteiger partial charge is 0.444 e. The fourth-order valence-corrected chi connectivity index (χ4v) is 5.11. The molecule has 2 aliphatic rings. The van der Waals surface area contributed by atoms with Crippen LogP contribution in [0.4, 0.5) is 4.79 Å². The van der Waals surface area contributed by atoms with Gasteiger partial charge in [0.15, 0.2) is 0 Å². The molecule has 0 bridgehead atoms. The Kier molecular flexibility index (Phi) is 4.70. The van der Waals surface area contributed by atoms with Gasteiger partial charge in [0.25, 0.3) is 0 Å². The molecule has 0 spiro atoms. The summed E-state index contributed by atoms with van der Waals surface area (Å²) >= 11 is 0. The second-order valence-corrected chi connectivity index (χ2v) is 10.4. The number of carbonyl (C=O) groups excluding carboxylic acids is 1. The minimum absolute atomic E-state index is 0.0379. The predicted octanol–water partition coefficient (Wildman–Crippen LogP) is 6.46. The molecule has 1 N–H and O–H groups in total. The van der Waals surface area contributed by atoms with Gasteiger partial charge in [-0.2, -0.15) is 0 Å². The van der Waals surface area contributed by atoms with Crippen molar-refractivity contribution in [2.45, 2.75) is 64.5 Å². The summed E-state index contributed by atoms with van der Waals surface area (Å²) in [6.45, 7) is 11.0. The number of likely N-dealkylation sites (tertiary alicyclic amines) is 1. The monoisotopic (exact) mass is 429 g/mol. The van der Waals surface area contributed by atoms with Gasteiger partial charge in [0, 0.05) is 12.0 Å². The Morgan fingerprint density at radius 2 is 1.88 bits per heavy atom. The van der Waals surface area contributed by atoms with Crippen molar-refractivity contribution in [1.29, 1.82) is 0 Å². The van der Waals surface area contributed by atoms with E-state index in [-0.39, 0.29) is 17.6 Å². The first-order valence-corrected chi connectivity index (χ1v) is 11.4. The van der Waals surface area contributed by atoms with E-state index in [1.165, 1.54) is 22.3 Å². The number of fused-ring (bicyclic) bond motifs is 3. The molecule has 5 rings (SSSR count). The number of aromatic nitrogens is 2. The van der Waals surface area contributed by atoms with E-state index in [4.69, 9.17) is 4.74 Å². The maximum absolute atomic E-state index is 12.7. The molecule has 1 aliphatic carbocycles. The summed E-state index contributed by atoms with van der Waals surface area (Å²) in [7, 11) is 0. The summed E-state index contributed by atoms with van der Waals surface area (Å²) in [5.74, 6) is 0.825. The minimum Gasteiger partial charge on any atom is -0.444 e. The molecule has 32 heavy (non-hydrogen) atoms. The van der Waals surface area contributed by atoms with Gasteiger partial charge in [0.05, 0.1) is 17.9 Å². The van der Waals surface area contributed by atoms with E-state index in [1.807, 2.05) is 27.0 Å². The maximum atomic E-state index is 12.7. The van der Waals surface area contributed by atoms with Gasteiger partial charge in [-0.3, -0.25) is 4.90 Å². The maximum Gasteiger partial charge on any atom is 0.410 e. The first kappa shape index (κ1) is 20.8. The van der Waals surface area contributed by atoms with Crippen molar-refractivity contribution in [3.05, 3.63) is 65.6 Å². The standard InChI is InChI=1S/C27H31N3O2/c1-26(2,3)32-25(31)30-14-8-11-23(30)24-28-16-22(29-24)17-12-13-19-18-9-6-7-10-20(18)27(4,5)21(19)15-17/h6-7,9-10,12-13,15-16,23H,8,11,14H2,1-5H3,(H,28,29). The van der Waals surface area contributed by atoms with Crippen molar-refractivity contribution in [2.75, 3.05) is 6.54 Å². The van der Waals surface area contributed by atoms with E-state index in [1.54, 1.807) is 4.90 Å². The number of hydrogen-bond acceptors (Lipinski definition) is 3. The number of imidazole rings is 1. The summed E-state index contributed by atoms with van der Waals surface area (Å²) in [4.78, 5) is 22.7. The number of nitrogens with zero attached hydrogens (tertiary/aromatic N) is 2. The van der Waals surface area contributed by atoms with Crippen LogP contribution in [0.2, 0.25) is 0 Å². The highest BCUT2D eigenvalue weighted by atomic mass is 16.6. The van der Waals surface area contributed by atoms with Crippen molar-refractivity contribution in [1.82, 2.24) is 14.9 Å². The molecular weight excluding hydrogens is 398 g/mol. The van der Waals surface area contributed by atoms with Crippen LogP contribution in [-0.2, 0) is 10.2 Å². The summed E-state index contributed by atoms with van der Waals surface area (Å²) in [6.07, 6.45) is 3.46. The Morgan fingerprint density at radius 3 is 2.66 bits per heavy atom. The Morgan fingerprint density at radius 1 is 1.12 bits per heavy atom. The lowest BCUT2D eigenvalue weighted by Gasteiger charge is -2.27. The van der Waals surface area contributed by atoms with Crippen molar-refractivity contribution < 1.29 is 9.53 Å². The third-order valence-electron chi connectivity index (χ3n) is 6.69. The second kappa shape index (κ2) is 7.22. The van der Waals surface area contributed by atoms with Crippen LogP contribution in [0.15, 0.2) is 48.7 Å². The molecule has 3 aromatic rings. The quantitative estimate of drug-likeness (QED) is 0.509. The van der Waals surface area contributed by atoms with Crippen LogP contribution >= 0.6 is 0 Å². The second-order valence-electron chi connectivity index (χ2n) is 10.4. The van der Waals surface area contributed by atoms with Crippen molar-refractivity contribution in [2.24, 2.45) is 0 Å². The molecule has 1 atom stereocenters. The number of ether oxygens (including phenoxy) is 1. The van der Waals surface area contributed by atoms with Crippen molar-refractivity contribution in [3.8, 4) is 22.4 Å². The number of rotatable bonds is 2. The number of H-pyrrole nitrogens is 1. The molecule has 5 heteroatoms. The van der Waals surface area contributed by atoms with Gasteiger partial charge in [0.2, 0.25) is 0 Å². The molecule has 5 nitrogen and oxygen atoms in total. The number of benzene rings is 2. The summed E-state index contributed by atoms with van der Waals surface area (Å²) < 4.78 is 5.61. The Labute approximate surface area is 189 Å². The summed E-state index contributed by atoms with van der Waals surface area (Å²) in [6, 6.07) is 15.3. The number of nitrogens with one attached hydrogen (secondary N) is 1. The van der Waals surface area contributed by atoms with Gasteiger partial charge in [-0.05, 0) is 67.5 Å². The molecule has 166 valence electrons. The Bertz CT molecular complexity index is 1190. The first-order chi connectivity index (χ1) is 15.1. The van der Waals surface area contributed by atoms with Gasteiger partial charge in [-0.25, -0.2) is 9.78 Å². The van der Waals surface area contributed by atoms with Crippen LogP contribution in [0, 0.1) is 0 Å². The average molecular weight is 430 g/mol. The van der Waals surface area contributed by atoms with E-state index < -0.39 is 5.60 Å². The molecule has 0 saturated carbocycles. The fourth-order valence-electron chi connectivity index (χ4n) is 5.11. The molecule has 1 fully saturated rings. The molecule has 1 aliphatic heterocycles. The lowest BCUT2D eigenvalue weighted by Crippen LogP contribution is -2.36. The van der Waals surface area contributed by atoms with E-state index in [0.29, 0.717) is 6.54 Å². The lowest BCUT2D eigenvalue weighted by molar-refractivity contribution is 0.0218. The highest BCUT2D eigenvalue weighted by Gasteiger charge is 2.36. The highest BCUT2D eigenvalue weighted by Crippen LogP contribution is 2.49. The third kappa shape index (κ3) is 3.40. The predicted molar refractivity (Wildman–Crippen MR) is 127 cm³/mol. The van der Waals surface area contributed by atoms with Crippen LogP contribution in [0.5, 0.6) is 0 Å². The van der Waals surface area contributed by atoms with Gasteiger partial charge in [-0.15, -0.1) is 0 Å². The molecule has 1 aromatic heterocycles. The van der Waals surface area contributed by atoms with E-state index >= 15 is 0 Å². The molecule has 1 amide bonds. The smallest absolute Gasteiger partial charge is 0.410 e. The zero-order valence-electron chi connectivity index (χ0n) is 19.5. The zero-order chi connectivity index (χ0) is 22.7. The molecule has 0 radical (unpaired) electrons. The fraction of sp³-hybridized carbons (Fsp3) is 0.407. The van der Waals surface area contributed by atoms with Gasteiger partial charge in [0.1, 0.15) is 11.4 Å². The van der Waals surface area contributed by atoms with Crippen LogP contribution in [0.3, 0.4) is 0 Å². The summed E-state index contributed by atoms with van der Waals surface area (Å²) in [5.41, 5.74) is 6.89. The average Bonchev–Trinajstić information content (AvgIpc) is 3.45. The number of hydrogen-bond donors (Lipinski definition) is 1. The number of aromatic amines is 1. The van der Waals surface area contributed by atoms with E-state index in [2.05, 4.69) is 66.3 Å². The van der Waals surface area contributed by atoms with Gasteiger partial charge < -0.3 is 9.72 Å². The Balaban J connectivity index is 1.44. The van der Waals surface area contributed by atoms with E-state index in [9.17, 15) is 4.79 Å². The SMILES string of the molecule is CC(C)(C)OC(=O)N1CCCC1c1ncc(-c2ccc3c(c2)C(C)(C)c2ccccc2-3)[nH]1. The zero-order valence-corrected chi connectivity index (χ0v) is 19.5. The van der Waals surface area contributed by atoms with Crippen LogP contribution < -0.4 is 0 Å². The molecular formula is C27H31N3O2. The topological polar surface area (TPSA) is 58.2 Å². The first-order valence-electron chi connectivity index (χ1n) is 11.4. The summed E-state index contributed by atoms with van der Waals surface area (Å²) in [5, 5.41) is 0. The molecule has 2 heterocycles. The van der Waals surface area contributed by atoms with Crippen LogP contribution in [0.25, 0.3) is 22.4 Å². The minimum atomic E-state index is -0.507. The van der Waals surface area contributed by atoms with Gasteiger partial charge in [-0.1, -0.05) is 50.2 Å². The highest BCUT2D eigenvalue weighted by molar-refractivity contribution is 5.83. The number of amides is 1. The molecule has 1 unspecified atom stereocenters. The van der Waals surface area contributed by atoms with Gasteiger partial charge >= 0.3 is 6.09 Å². The van der Waals surface area contributed by atoms with Crippen molar-refractivity contribution >= 4 is 6.09 Å². The lowest BCUT2D eigenvalue weighted by atomic mass is 9.82. The normalized spacial score (nSPS) is 19.0. The number of carbonyl (C=O) groups is 1. The molecule has 1 saturated heterocycles. The van der Waals surface area contributed by atoms with Crippen LogP contribution in [-0.4, -0.2) is 33.1 Å². The third-order valence-corrected chi connectivity index (χ3v) is 6.69. The Hall–Kier alpha value is -3.08. The molecule has 2 aromatic carbocycles.